The zero-order valence-electron chi connectivity index (χ0n) is 21.5. The highest BCUT2D eigenvalue weighted by Gasteiger charge is 2.33. The molecular weight excluding hydrogens is 505 g/mol. The lowest BCUT2D eigenvalue weighted by atomic mass is 9.70. The van der Waals surface area contributed by atoms with E-state index in [9.17, 15) is 6.63 Å². The Bertz CT molecular complexity index is 1480. The number of hydrazine groups is 2. The molecule has 1 atom stereocenters. The highest BCUT2D eigenvalue weighted by Crippen LogP contribution is 2.42. The molecule has 0 unspecified atom stereocenters. The van der Waals surface area contributed by atoms with Crippen LogP contribution in [-0.2, 0) is 0 Å². The highest BCUT2D eigenvalue weighted by molar-refractivity contribution is 6.36. The monoisotopic (exact) mass is 534 g/mol. The van der Waals surface area contributed by atoms with Crippen LogP contribution in [0.1, 0.15) is 57.5 Å². The standard InChI is InChI=1S/C28H29Cl2N7/c1-28(9-4-10-28)16-33-25-17(13-31)14-32-26-21(25)11-18(12-23(26)30)34-27(20-5-2-3-6-22(20)29)24-15-37(36-35-24)19-7-8-19/h2-3,5-6,11-12,14-15,19,27,34-36H,4,7-10,16H2,1H3,(H,32,33)/t27-/m1/s1/i27D. The lowest BCUT2D eigenvalue weighted by molar-refractivity contribution is 0.180. The summed E-state index contributed by atoms with van der Waals surface area (Å²) in [6, 6.07) is 12.2. The second kappa shape index (κ2) is 9.60. The Morgan fingerprint density at radius 1 is 1.27 bits per heavy atom. The molecule has 1 aromatic heterocycles. The summed E-state index contributed by atoms with van der Waals surface area (Å²) < 4.78 is 9.67. The molecule has 9 heteroatoms. The lowest BCUT2D eigenvalue weighted by Gasteiger charge is -2.38. The molecule has 0 spiro atoms. The number of nitriles is 1. The van der Waals surface area contributed by atoms with Gasteiger partial charge in [0.05, 0.1) is 34.9 Å². The van der Waals surface area contributed by atoms with Crippen molar-refractivity contribution in [1.29, 1.82) is 5.26 Å². The van der Waals surface area contributed by atoms with Gasteiger partial charge in [0.25, 0.3) is 0 Å². The normalized spacial score (nSPS) is 20.2. The number of nitrogens with zero attached hydrogens (tertiary/aromatic N) is 3. The van der Waals surface area contributed by atoms with Gasteiger partial charge >= 0.3 is 0 Å². The van der Waals surface area contributed by atoms with Crippen molar-refractivity contribution >= 4 is 45.5 Å². The Morgan fingerprint density at radius 2 is 2.08 bits per heavy atom. The molecule has 0 amide bonds. The minimum Gasteiger partial charge on any atom is -0.383 e. The number of halogens is 2. The van der Waals surface area contributed by atoms with Crippen LogP contribution in [0, 0.1) is 16.7 Å². The van der Waals surface area contributed by atoms with E-state index in [4.69, 9.17) is 23.2 Å². The Labute approximate surface area is 228 Å². The van der Waals surface area contributed by atoms with Gasteiger partial charge in [0.15, 0.2) is 0 Å². The molecule has 6 rings (SSSR count). The van der Waals surface area contributed by atoms with Crippen LogP contribution in [0.5, 0.6) is 0 Å². The SMILES string of the molecule is [2H][C@](Nc1cc(Cl)c2ncc(C#N)c(NCC3(C)CCC3)c2c1)(C1=CN(C2CC2)NN1)c1ccccc1Cl. The van der Waals surface area contributed by atoms with E-state index in [-0.39, 0.29) is 5.41 Å². The smallest absolute Gasteiger partial charge is 0.103 e. The Balaban J connectivity index is 1.43. The molecule has 2 heterocycles. The van der Waals surface area contributed by atoms with E-state index in [1.54, 1.807) is 18.3 Å². The predicted octanol–water partition coefficient (Wildman–Crippen LogP) is 6.50. The highest BCUT2D eigenvalue weighted by atomic mass is 35.5. The van der Waals surface area contributed by atoms with Crippen molar-refractivity contribution in [1.82, 2.24) is 21.0 Å². The first-order valence-corrected chi connectivity index (χ1v) is 13.4. The van der Waals surface area contributed by atoms with Gasteiger partial charge < -0.3 is 16.1 Å². The van der Waals surface area contributed by atoms with Crippen molar-refractivity contribution in [2.45, 2.75) is 51.1 Å². The molecule has 2 aliphatic carbocycles. The molecule has 4 N–H and O–H groups in total. The maximum Gasteiger partial charge on any atom is 0.103 e. The fourth-order valence-electron chi connectivity index (χ4n) is 4.96. The van der Waals surface area contributed by atoms with Crippen LogP contribution in [0.2, 0.25) is 10.0 Å². The first kappa shape index (κ1) is 23.0. The van der Waals surface area contributed by atoms with Gasteiger partial charge in [0, 0.05) is 41.1 Å². The van der Waals surface area contributed by atoms with E-state index in [0.29, 0.717) is 49.8 Å². The molecule has 7 nitrogen and oxygen atoms in total. The third kappa shape index (κ3) is 4.77. The lowest BCUT2D eigenvalue weighted by Crippen LogP contribution is -2.38. The third-order valence-electron chi connectivity index (χ3n) is 7.51. The zero-order chi connectivity index (χ0) is 26.5. The summed E-state index contributed by atoms with van der Waals surface area (Å²) in [5.74, 6) is 0. The molecule has 2 aromatic carbocycles. The van der Waals surface area contributed by atoms with Crippen molar-refractivity contribution in [3.05, 3.63) is 75.7 Å². The molecule has 37 heavy (non-hydrogen) atoms. The summed E-state index contributed by atoms with van der Waals surface area (Å²) in [7, 11) is 0. The minimum atomic E-state index is -1.46. The van der Waals surface area contributed by atoms with Crippen LogP contribution >= 0.6 is 23.2 Å². The summed E-state index contributed by atoms with van der Waals surface area (Å²) >= 11 is 13.4. The van der Waals surface area contributed by atoms with E-state index in [1.807, 2.05) is 35.5 Å². The maximum absolute atomic E-state index is 9.85. The number of anilines is 2. The Kier molecular flexibility index (Phi) is 5.96. The fourth-order valence-corrected chi connectivity index (χ4v) is 5.46. The average molecular weight is 536 g/mol. The molecular formula is C28H29Cl2N7. The number of aromatic nitrogens is 1. The molecule has 3 aliphatic rings. The Hall–Kier alpha value is -3.18. The van der Waals surface area contributed by atoms with Gasteiger partial charge in [-0.3, -0.25) is 9.99 Å². The number of rotatable bonds is 8. The van der Waals surface area contributed by atoms with Gasteiger partial charge in [-0.05, 0) is 54.9 Å². The number of nitrogens with one attached hydrogen (secondary N) is 4. The fraction of sp³-hybridized carbons (Fsp3) is 0.357. The number of benzene rings is 2. The second-order valence-corrected chi connectivity index (χ2v) is 11.2. The summed E-state index contributed by atoms with van der Waals surface area (Å²) in [6.45, 7) is 3.02. The second-order valence-electron chi connectivity index (χ2n) is 10.4. The molecule has 0 radical (unpaired) electrons. The van der Waals surface area contributed by atoms with Gasteiger partial charge in [-0.2, -0.15) is 5.26 Å². The van der Waals surface area contributed by atoms with Crippen LogP contribution in [0.4, 0.5) is 11.4 Å². The molecule has 0 saturated heterocycles. The van der Waals surface area contributed by atoms with E-state index in [1.165, 1.54) is 6.42 Å². The predicted molar refractivity (Wildman–Crippen MR) is 149 cm³/mol. The average Bonchev–Trinajstić information content (AvgIpc) is 3.61. The number of hydrogen-bond donors (Lipinski definition) is 4. The number of hydrogen-bond acceptors (Lipinski definition) is 7. The zero-order valence-corrected chi connectivity index (χ0v) is 22.0. The molecule has 1 aliphatic heterocycles. The van der Waals surface area contributed by atoms with E-state index < -0.39 is 6.02 Å². The molecule has 2 fully saturated rings. The molecule has 2 saturated carbocycles. The van der Waals surface area contributed by atoms with Crippen LogP contribution in [-0.4, -0.2) is 22.6 Å². The minimum absolute atomic E-state index is 0.212. The number of pyridine rings is 1. The Morgan fingerprint density at radius 3 is 2.78 bits per heavy atom. The van der Waals surface area contributed by atoms with Crippen molar-refractivity contribution in [2.75, 3.05) is 17.2 Å². The van der Waals surface area contributed by atoms with Gasteiger partial charge in [0.2, 0.25) is 0 Å². The molecule has 3 aromatic rings. The quantitative estimate of drug-likeness (QED) is 0.262. The first-order valence-electron chi connectivity index (χ1n) is 13.1. The van der Waals surface area contributed by atoms with E-state index >= 15 is 0 Å². The van der Waals surface area contributed by atoms with Crippen LogP contribution < -0.4 is 21.6 Å². The first-order chi connectivity index (χ1) is 18.3. The summed E-state index contributed by atoms with van der Waals surface area (Å²) in [5, 5.41) is 20.4. The van der Waals surface area contributed by atoms with Crippen LogP contribution in [0.25, 0.3) is 10.9 Å². The van der Waals surface area contributed by atoms with Gasteiger partial charge in [0.1, 0.15) is 6.07 Å². The number of fused-ring (bicyclic) bond motifs is 1. The molecule has 0 bridgehead atoms. The topological polar surface area (TPSA) is 88.0 Å². The maximum atomic E-state index is 9.85. The largest absolute Gasteiger partial charge is 0.383 e. The van der Waals surface area contributed by atoms with Crippen molar-refractivity contribution in [3.8, 4) is 6.07 Å². The summed E-state index contributed by atoms with van der Waals surface area (Å²) in [4.78, 5) is 4.48. The van der Waals surface area contributed by atoms with Gasteiger partial charge in [-0.25, -0.2) is 0 Å². The van der Waals surface area contributed by atoms with Crippen LogP contribution in [0.15, 0.2) is 54.5 Å². The summed E-state index contributed by atoms with van der Waals surface area (Å²) in [5.41, 5.74) is 10.1. The molecule has 190 valence electrons. The summed E-state index contributed by atoms with van der Waals surface area (Å²) in [6.07, 6.45) is 9.24. The van der Waals surface area contributed by atoms with E-state index in [0.717, 1.165) is 37.6 Å². The van der Waals surface area contributed by atoms with E-state index in [2.05, 4.69) is 39.6 Å². The van der Waals surface area contributed by atoms with Crippen molar-refractivity contribution in [2.24, 2.45) is 5.41 Å². The van der Waals surface area contributed by atoms with Crippen molar-refractivity contribution < 1.29 is 1.37 Å². The van der Waals surface area contributed by atoms with Gasteiger partial charge in [-0.15, -0.1) is 5.53 Å². The van der Waals surface area contributed by atoms with Crippen LogP contribution in [0.3, 0.4) is 0 Å². The van der Waals surface area contributed by atoms with Gasteiger partial charge in [-0.1, -0.05) is 54.7 Å². The third-order valence-corrected chi connectivity index (χ3v) is 8.13. The van der Waals surface area contributed by atoms with Crippen molar-refractivity contribution in [3.63, 3.8) is 0 Å².